The summed E-state index contributed by atoms with van der Waals surface area (Å²) in [6.45, 7) is 2.18. The van der Waals surface area contributed by atoms with Gasteiger partial charge in [-0.25, -0.2) is 0 Å². The highest BCUT2D eigenvalue weighted by atomic mass is 16.3. The molecular formula is C11H20O2. The Morgan fingerprint density at radius 1 is 1.08 bits per heavy atom. The lowest BCUT2D eigenvalue weighted by Crippen LogP contribution is -2.46. The largest absolute Gasteiger partial charge is 0.393 e. The van der Waals surface area contributed by atoms with Crippen molar-refractivity contribution in [2.75, 3.05) is 0 Å². The van der Waals surface area contributed by atoms with Gasteiger partial charge < -0.3 is 10.2 Å². The maximum atomic E-state index is 10.1. The Balaban J connectivity index is 2.21. The van der Waals surface area contributed by atoms with Gasteiger partial charge in [0.25, 0.3) is 0 Å². The van der Waals surface area contributed by atoms with Crippen LogP contribution in [0.5, 0.6) is 0 Å². The van der Waals surface area contributed by atoms with Crippen LogP contribution in [0.4, 0.5) is 0 Å². The molecular weight excluding hydrogens is 164 g/mol. The monoisotopic (exact) mass is 184 g/mol. The van der Waals surface area contributed by atoms with Crippen molar-refractivity contribution in [3.63, 3.8) is 0 Å². The number of hydrogen-bond donors (Lipinski definition) is 2. The Morgan fingerprint density at radius 2 is 1.85 bits per heavy atom. The molecule has 76 valence electrons. The summed E-state index contributed by atoms with van der Waals surface area (Å²) in [6, 6.07) is 0. The van der Waals surface area contributed by atoms with Crippen LogP contribution < -0.4 is 0 Å². The van der Waals surface area contributed by atoms with Gasteiger partial charge in [0.1, 0.15) is 0 Å². The fraction of sp³-hybridized carbons (Fsp3) is 1.00. The minimum Gasteiger partial charge on any atom is -0.393 e. The molecule has 0 unspecified atom stereocenters. The summed E-state index contributed by atoms with van der Waals surface area (Å²) in [7, 11) is 0. The number of fused-ring (bicyclic) bond motifs is 2. The van der Waals surface area contributed by atoms with Crippen molar-refractivity contribution < 1.29 is 10.2 Å². The molecule has 0 spiro atoms. The Kier molecular flexibility index (Phi) is 2.37. The molecule has 0 aromatic rings. The molecule has 0 saturated heterocycles. The molecule has 0 heterocycles. The second-order valence-electron chi connectivity index (χ2n) is 5.11. The van der Waals surface area contributed by atoms with Gasteiger partial charge in [-0.3, -0.25) is 0 Å². The lowest BCUT2D eigenvalue weighted by atomic mass is 9.66. The molecule has 2 bridgehead atoms. The standard InChI is InChI=1S/C11H20O2/c1-11-6-3-2-4-8(10(11)13)9(12)5-7-11/h8-10,12-13H,2-7H2,1H3/t8-,9+,10-,11-/m1/s1. The lowest BCUT2D eigenvalue weighted by Gasteiger charge is -2.44. The lowest BCUT2D eigenvalue weighted by molar-refractivity contribution is -0.0962. The molecule has 2 aliphatic rings. The molecule has 13 heavy (non-hydrogen) atoms. The average molecular weight is 184 g/mol. The van der Waals surface area contributed by atoms with Gasteiger partial charge in [-0.1, -0.05) is 19.8 Å². The van der Waals surface area contributed by atoms with E-state index in [-0.39, 0.29) is 23.5 Å². The molecule has 2 rings (SSSR count). The number of rotatable bonds is 0. The van der Waals surface area contributed by atoms with Gasteiger partial charge in [0.2, 0.25) is 0 Å². The molecule has 2 aliphatic carbocycles. The molecule has 2 heteroatoms. The summed E-state index contributed by atoms with van der Waals surface area (Å²) in [5.74, 6) is 0.154. The first-order chi connectivity index (χ1) is 6.13. The summed E-state index contributed by atoms with van der Waals surface area (Å²) < 4.78 is 0. The number of aliphatic hydroxyl groups excluding tert-OH is 2. The zero-order valence-corrected chi connectivity index (χ0v) is 8.37. The van der Waals surface area contributed by atoms with Crippen molar-refractivity contribution in [1.82, 2.24) is 0 Å². The summed E-state index contributed by atoms with van der Waals surface area (Å²) in [5.41, 5.74) is 0.0976. The van der Waals surface area contributed by atoms with Crippen LogP contribution in [0.3, 0.4) is 0 Å². The van der Waals surface area contributed by atoms with E-state index < -0.39 is 0 Å². The maximum absolute atomic E-state index is 10.1. The van der Waals surface area contributed by atoms with Crippen molar-refractivity contribution >= 4 is 0 Å². The van der Waals surface area contributed by atoms with Crippen LogP contribution in [-0.2, 0) is 0 Å². The van der Waals surface area contributed by atoms with Gasteiger partial charge >= 0.3 is 0 Å². The van der Waals surface area contributed by atoms with E-state index >= 15 is 0 Å². The summed E-state index contributed by atoms with van der Waals surface area (Å²) in [4.78, 5) is 0. The van der Waals surface area contributed by atoms with Crippen molar-refractivity contribution in [2.45, 2.75) is 57.7 Å². The van der Waals surface area contributed by atoms with Crippen LogP contribution in [0, 0.1) is 11.3 Å². The molecule has 0 aromatic carbocycles. The smallest absolute Gasteiger partial charge is 0.0646 e. The highest BCUT2D eigenvalue weighted by Gasteiger charge is 2.45. The fourth-order valence-corrected chi connectivity index (χ4v) is 3.10. The number of aliphatic hydroxyl groups is 2. The molecule has 2 saturated carbocycles. The van der Waals surface area contributed by atoms with Gasteiger partial charge in [-0.2, -0.15) is 0 Å². The highest BCUT2D eigenvalue weighted by molar-refractivity contribution is 4.96. The maximum Gasteiger partial charge on any atom is 0.0646 e. The summed E-state index contributed by atoms with van der Waals surface area (Å²) in [5, 5.41) is 19.9. The molecule has 2 fully saturated rings. The highest BCUT2D eigenvalue weighted by Crippen LogP contribution is 2.47. The molecule has 2 nitrogen and oxygen atoms in total. The second kappa shape index (κ2) is 3.25. The molecule has 0 aromatic heterocycles. The SMILES string of the molecule is C[C@]12CCCC[C@@H]([C@H]1O)[C@@H](O)CC2. The normalized spacial score (nSPS) is 51.5. The van der Waals surface area contributed by atoms with Crippen molar-refractivity contribution in [3.8, 4) is 0 Å². The Labute approximate surface area is 80.0 Å². The second-order valence-corrected chi connectivity index (χ2v) is 5.11. The topological polar surface area (TPSA) is 40.5 Å². The first-order valence-corrected chi connectivity index (χ1v) is 5.50. The van der Waals surface area contributed by atoms with Gasteiger partial charge in [0.15, 0.2) is 0 Å². The van der Waals surface area contributed by atoms with E-state index in [4.69, 9.17) is 0 Å². The third kappa shape index (κ3) is 1.50. The minimum atomic E-state index is -0.265. The summed E-state index contributed by atoms with van der Waals surface area (Å²) in [6.07, 6.45) is 5.91. The van der Waals surface area contributed by atoms with Crippen LogP contribution in [0.15, 0.2) is 0 Å². The molecule has 0 radical (unpaired) electrons. The van der Waals surface area contributed by atoms with Gasteiger partial charge in [0, 0.05) is 5.92 Å². The van der Waals surface area contributed by atoms with E-state index in [1.54, 1.807) is 0 Å². The van der Waals surface area contributed by atoms with Gasteiger partial charge in [-0.05, 0) is 31.1 Å². The first kappa shape index (κ1) is 9.47. The quantitative estimate of drug-likeness (QED) is 0.601. The Bertz CT molecular complexity index is 193. The van der Waals surface area contributed by atoms with E-state index in [2.05, 4.69) is 6.92 Å². The van der Waals surface area contributed by atoms with Crippen LogP contribution >= 0.6 is 0 Å². The predicted octanol–water partition coefficient (Wildman–Crippen LogP) is 1.70. The zero-order valence-electron chi connectivity index (χ0n) is 8.37. The third-order valence-corrected chi connectivity index (χ3v) is 4.16. The van der Waals surface area contributed by atoms with Crippen LogP contribution in [0.2, 0.25) is 0 Å². The number of hydrogen-bond acceptors (Lipinski definition) is 2. The van der Waals surface area contributed by atoms with Gasteiger partial charge in [0.05, 0.1) is 12.2 Å². The molecule has 2 N–H and O–H groups in total. The van der Waals surface area contributed by atoms with E-state index in [0.717, 1.165) is 25.7 Å². The molecule has 0 amide bonds. The van der Waals surface area contributed by atoms with Crippen molar-refractivity contribution in [1.29, 1.82) is 0 Å². The van der Waals surface area contributed by atoms with Crippen molar-refractivity contribution in [2.24, 2.45) is 11.3 Å². The van der Waals surface area contributed by atoms with Gasteiger partial charge in [-0.15, -0.1) is 0 Å². The fourth-order valence-electron chi connectivity index (χ4n) is 3.10. The third-order valence-electron chi connectivity index (χ3n) is 4.16. The van der Waals surface area contributed by atoms with Crippen LogP contribution in [0.25, 0.3) is 0 Å². The van der Waals surface area contributed by atoms with E-state index in [0.29, 0.717) is 0 Å². The molecule has 4 atom stereocenters. The van der Waals surface area contributed by atoms with Crippen LogP contribution in [-0.4, -0.2) is 22.4 Å². The summed E-state index contributed by atoms with van der Waals surface area (Å²) >= 11 is 0. The van der Waals surface area contributed by atoms with Crippen LogP contribution in [0.1, 0.15) is 45.4 Å². The molecule has 0 aliphatic heterocycles. The van der Waals surface area contributed by atoms with Crippen molar-refractivity contribution in [3.05, 3.63) is 0 Å². The minimum absolute atomic E-state index is 0.0976. The Morgan fingerprint density at radius 3 is 2.62 bits per heavy atom. The van der Waals surface area contributed by atoms with E-state index in [1.807, 2.05) is 0 Å². The average Bonchev–Trinajstić information content (AvgIpc) is 2.19. The van der Waals surface area contributed by atoms with E-state index in [9.17, 15) is 10.2 Å². The Hall–Kier alpha value is -0.0800. The first-order valence-electron chi connectivity index (χ1n) is 5.50. The van der Waals surface area contributed by atoms with E-state index in [1.165, 1.54) is 12.8 Å². The zero-order chi connectivity index (χ0) is 9.47. The predicted molar refractivity (Wildman–Crippen MR) is 51.3 cm³/mol.